The Morgan fingerprint density at radius 1 is 1.08 bits per heavy atom. The Balaban J connectivity index is 1.84. The summed E-state index contributed by atoms with van der Waals surface area (Å²) in [5.41, 5.74) is 3.11. The lowest BCUT2D eigenvalue weighted by Gasteiger charge is -2.15. The highest BCUT2D eigenvalue weighted by molar-refractivity contribution is 6.02. The molecule has 0 aliphatic heterocycles. The largest absolute Gasteiger partial charge is 0.325 e. The van der Waals surface area contributed by atoms with Crippen LogP contribution >= 0.6 is 0 Å². The summed E-state index contributed by atoms with van der Waals surface area (Å²) in [6.07, 6.45) is 0. The summed E-state index contributed by atoms with van der Waals surface area (Å²) in [6.45, 7) is 5.49. The van der Waals surface area contributed by atoms with Crippen LogP contribution < -0.4 is 16.0 Å². The van der Waals surface area contributed by atoms with Crippen molar-refractivity contribution in [3.63, 3.8) is 0 Å². The van der Waals surface area contributed by atoms with Gasteiger partial charge in [0.05, 0.1) is 6.54 Å². The Hall–Kier alpha value is -2.73. The number of carbonyl (C=O) groups is 2. The monoisotopic (exact) mass is 343 g/mol. The van der Waals surface area contributed by atoms with Gasteiger partial charge in [-0.05, 0) is 44.0 Å². The number of hydrogen-bond donors (Lipinski definition) is 3. The van der Waals surface area contributed by atoms with E-state index < -0.39 is 11.9 Å². The van der Waals surface area contributed by atoms with E-state index in [1.54, 1.807) is 31.2 Å². The molecule has 0 aliphatic rings. The fraction of sp³-hybridized carbons (Fsp3) is 0.263. The van der Waals surface area contributed by atoms with Crippen LogP contribution in [0.25, 0.3) is 0 Å². The average Bonchev–Trinajstić information content (AvgIpc) is 2.57. The zero-order valence-corrected chi connectivity index (χ0v) is 14.5. The van der Waals surface area contributed by atoms with E-state index in [0.717, 1.165) is 11.1 Å². The molecule has 3 amide bonds. The van der Waals surface area contributed by atoms with Crippen molar-refractivity contribution in [2.75, 3.05) is 11.9 Å². The molecule has 25 heavy (non-hydrogen) atoms. The molecule has 1 unspecified atom stereocenters. The van der Waals surface area contributed by atoms with Gasteiger partial charge in [-0.1, -0.05) is 30.3 Å². The van der Waals surface area contributed by atoms with Crippen molar-refractivity contribution in [2.45, 2.75) is 26.8 Å². The van der Waals surface area contributed by atoms with E-state index in [0.29, 0.717) is 11.3 Å². The van der Waals surface area contributed by atoms with Crippen LogP contribution in [-0.4, -0.2) is 18.5 Å². The molecule has 1 atom stereocenters. The zero-order chi connectivity index (χ0) is 18.4. The molecule has 0 heterocycles. The highest BCUT2D eigenvalue weighted by Gasteiger charge is 2.13. The van der Waals surface area contributed by atoms with Gasteiger partial charge < -0.3 is 10.6 Å². The van der Waals surface area contributed by atoms with Crippen LogP contribution in [0.15, 0.2) is 42.5 Å². The van der Waals surface area contributed by atoms with E-state index in [-0.39, 0.29) is 18.4 Å². The molecule has 5 nitrogen and oxygen atoms in total. The van der Waals surface area contributed by atoms with Crippen LogP contribution in [0.4, 0.5) is 14.9 Å². The molecule has 0 bridgehead atoms. The molecule has 132 valence electrons. The number of imide groups is 1. The van der Waals surface area contributed by atoms with Crippen molar-refractivity contribution < 1.29 is 14.0 Å². The molecular formula is C19H22FN3O2. The summed E-state index contributed by atoms with van der Waals surface area (Å²) in [7, 11) is 0. The quantitative estimate of drug-likeness (QED) is 0.779. The number of rotatable bonds is 5. The molecule has 0 aromatic heterocycles. The maximum atomic E-state index is 13.7. The number of anilines is 1. The second-order valence-corrected chi connectivity index (χ2v) is 5.87. The third-order valence-corrected chi connectivity index (χ3v) is 4.05. The van der Waals surface area contributed by atoms with E-state index in [1.807, 2.05) is 26.0 Å². The summed E-state index contributed by atoms with van der Waals surface area (Å²) < 4.78 is 13.7. The van der Waals surface area contributed by atoms with Crippen molar-refractivity contribution in [3.8, 4) is 0 Å². The second kappa shape index (κ2) is 8.39. The van der Waals surface area contributed by atoms with Crippen LogP contribution in [0, 0.1) is 19.7 Å². The van der Waals surface area contributed by atoms with Gasteiger partial charge in [-0.15, -0.1) is 0 Å². The standard InChI is InChI=1S/C19H22FN3O2/c1-12-7-6-10-17(13(12)2)22-19(25)23-18(24)11-21-14(3)15-8-4-5-9-16(15)20/h4-10,14,21H,11H2,1-3H3,(H2,22,23,24,25). The van der Waals surface area contributed by atoms with Gasteiger partial charge in [-0.2, -0.15) is 0 Å². The van der Waals surface area contributed by atoms with Gasteiger partial charge in [0.25, 0.3) is 0 Å². The predicted molar refractivity (Wildman–Crippen MR) is 95.9 cm³/mol. The van der Waals surface area contributed by atoms with Gasteiger partial charge in [0.2, 0.25) is 5.91 Å². The normalized spacial score (nSPS) is 11.7. The topological polar surface area (TPSA) is 70.2 Å². The van der Waals surface area contributed by atoms with Crippen LogP contribution in [0.5, 0.6) is 0 Å². The summed E-state index contributed by atoms with van der Waals surface area (Å²) in [6, 6.07) is 10.9. The molecule has 2 rings (SSSR count). The molecule has 2 aromatic rings. The van der Waals surface area contributed by atoms with Gasteiger partial charge >= 0.3 is 6.03 Å². The van der Waals surface area contributed by atoms with E-state index >= 15 is 0 Å². The lowest BCUT2D eigenvalue weighted by molar-refractivity contribution is -0.119. The van der Waals surface area contributed by atoms with Crippen molar-refractivity contribution in [1.82, 2.24) is 10.6 Å². The van der Waals surface area contributed by atoms with Crippen LogP contribution in [0.2, 0.25) is 0 Å². The summed E-state index contributed by atoms with van der Waals surface area (Å²) in [4.78, 5) is 23.8. The Kier molecular flexibility index (Phi) is 6.25. The fourth-order valence-electron chi connectivity index (χ4n) is 2.39. The first-order chi connectivity index (χ1) is 11.9. The fourth-order valence-corrected chi connectivity index (χ4v) is 2.39. The molecule has 6 heteroatoms. The minimum atomic E-state index is -0.598. The summed E-state index contributed by atoms with van der Waals surface area (Å²) in [5.74, 6) is -0.832. The first-order valence-corrected chi connectivity index (χ1v) is 8.03. The zero-order valence-electron chi connectivity index (χ0n) is 14.5. The van der Waals surface area contributed by atoms with Gasteiger partial charge in [-0.3, -0.25) is 10.1 Å². The third kappa shape index (κ3) is 5.12. The van der Waals surface area contributed by atoms with Gasteiger partial charge in [-0.25, -0.2) is 9.18 Å². The van der Waals surface area contributed by atoms with Crippen LogP contribution in [-0.2, 0) is 4.79 Å². The number of nitrogens with one attached hydrogen (secondary N) is 3. The SMILES string of the molecule is Cc1cccc(NC(=O)NC(=O)CNC(C)c2ccccc2F)c1C. The van der Waals surface area contributed by atoms with Gasteiger partial charge in [0.15, 0.2) is 0 Å². The molecule has 0 saturated heterocycles. The van der Waals surface area contributed by atoms with Crippen molar-refractivity contribution in [2.24, 2.45) is 0 Å². The summed E-state index contributed by atoms with van der Waals surface area (Å²) in [5, 5.41) is 7.80. The number of halogens is 1. The first-order valence-electron chi connectivity index (χ1n) is 8.03. The maximum Gasteiger partial charge on any atom is 0.325 e. The van der Waals surface area contributed by atoms with Crippen molar-refractivity contribution in [3.05, 3.63) is 65.0 Å². The number of benzene rings is 2. The van der Waals surface area contributed by atoms with Gasteiger partial charge in [0.1, 0.15) is 5.82 Å². The minimum Gasteiger partial charge on any atom is -0.307 e. The molecule has 0 saturated carbocycles. The molecule has 3 N–H and O–H groups in total. The summed E-state index contributed by atoms with van der Waals surface area (Å²) >= 11 is 0. The number of carbonyl (C=O) groups excluding carboxylic acids is 2. The van der Waals surface area contributed by atoms with E-state index in [9.17, 15) is 14.0 Å². The van der Waals surface area contributed by atoms with Crippen LogP contribution in [0.1, 0.15) is 29.7 Å². The molecular weight excluding hydrogens is 321 g/mol. The van der Waals surface area contributed by atoms with E-state index in [4.69, 9.17) is 0 Å². The molecule has 0 radical (unpaired) electrons. The predicted octanol–water partition coefficient (Wildman–Crippen LogP) is 3.44. The highest BCUT2D eigenvalue weighted by Crippen LogP contribution is 2.18. The second-order valence-electron chi connectivity index (χ2n) is 5.87. The van der Waals surface area contributed by atoms with Crippen LogP contribution in [0.3, 0.4) is 0 Å². The Labute approximate surface area is 146 Å². The Bertz CT molecular complexity index is 777. The number of urea groups is 1. The van der Waals surface area contributed by atoms with E-state index in [2.05, 4.69) is 16.0 Å². The number of aryl methyl sites for hydroxylation is 1. The molecule has 2 aromatic carbocycles. The smallest absolute Gasteiger partial charge is 0.307 e. The molecule has 0 aliphatic carbocycles. The number of amides is 3. The van der Waals surface area contributed by atoms with Crippen molar-refractivity contribution >= 4 is 17.6 Å². The first kappa shape index (κ1) is 18.6. The Morgan fingerprint density at radius 3 is 2.52 bits per heavy atom. The third-order valence-electron chi connectivity index (χ3n) is 4.05. The highest BCUT2D eigenvalue weighted by atomic mass is 19.1. The molecule has 0 spiro atoms. The van der Waals surface area contributed by atoms with E-state index in [1.165, 1.54) is 6.07 Å². The lowest BCUT2D eigenvalue weighted by atomic mass is 10.1. The Morgan fingerprint density at radius 2 is 1.80 bits per heavy atom. The maximum absolute atomic E-state index is 13.7. The minimum absolute atomic E-state index is 0.101. The molecule has 0 fully saturated rings. The van der Waals surface area contributed by atoms with Crippen molar-refractivity contribution in [1.29, 1.82) is 0 Å². The average molecular weight is 343 g/mol. The number of hydrogen-bond acceptors (Lipinski definition) is 3. The van der Waals surface area contributed by atoms with Gasteiger partial charge in [0, 0.05) is 17.3 Å². The lowest BCUT2D eigenvalue weighted by Crippen LogP contribution is -2.40.